The summed E-state index contributed by atoms with van der Waals surface area (Å²) in [5.41, 5.74) is 6.28. The number of piperidine rings is 1. The van der Waals surface area contributed by atoms with Crippen LogP contribution < -0.4 is 16.0 Å². The SMILES string of the molecule is CC(Sc1nnc(N2CCCCC2)n1CC1CCCO1)C(=O)Nc1ccc(C(N)=O)cc1. The van der Waals surface area contributed by atoms with E-state index in [1.54, 1.807) is 24.3 Å². The molecule has 2 aliphatic heterocycles. The third-order valence-electron chi connectivity index (χ3n) is 5.83. The molecule has 1 aromatic heterocycles. The third kappa shape index (κ3) is 5.42. The van der Waals surface area contributed by atoms with Crippen LogP contribution in [-0.2, 0) is 16.1 Å². The second-order valence-electron chi connectivity index (χ2n) is 8.27. The lowest BCUT2D eigenvalue weighted by molar-refractivity contribution is -0.115. The number of nitrogens with two attached hydrogens (primary N) is 1. The van der Waals surface area contributed by atoms with E-state index in [-0.39, 0.29) is 17.3 Å². The van der Waals surface area contributed by atoms with Gasteiger partial charge >= 0.3 is 0 Å². The molecule has 2 unspecified atom stereocenters. The third-order valence-corrected chi connectivity index (χ3v) is 6.92. The number of carbonyl (C=O) groups is 2. The van der Waals surface area contributed by atoms with Gasteiger partial charge in [-0.05, 0) is 63.3 Å². The number of hydrogen-bond acceptors (Lipinski definition) is 7. The lowest BCUT2D eigenvalue weighted by Gasteiger charge is -2.28. The van der Waals surface area contributed by atoms with Gasteiger partial charge in [0.15, 0.2) is 5.16 Å². The number of thioether (sulfide) groups is 1. The van der Waals surface area contributed by atoms with Gasteiger partial charge < -0.3 is 20.7 Å². The number of amides is 2. The van der Waals surface area contributed by atoms with Crippen molar-refractivity contribution in [3.63, 3.8) is 0 Å². The Balaban J connectivity index is 1.46. The molecule has 3 heterocycles. The Labute approximate surface area is 192 Å². The summed E-state index contributed by atoms with van der Waals surface area (Å²) < 4.78 is 7.99. The largest absolute Gasteiger partial charge is 0.376 e. The number of carbonyl (C=O) groups excluding carboxylic acids is 2. The molecule has 2 aromatic rings. The standard InChI is InChI=1S/C22H30N6O3S/c1-15(20(30)24-17-9-7-16(8-10-17)19(23)29)32-22-26-25-21(27-11-3-2-4-12-27)28(22)14-18-6-5-13-31-18/h7-10,15,18H,2-6,11-14H2,1H3,(H2,23,29)(H,24,30). The molecule has 0 bridgehead atoms. The van der Waals surface area contributed by atoms with Gasteiger partial charge in [0, 0.05) is 30.9 Å². The first-order valence-electron chi connectivity index (χ1n) is 11.2. The maximum absolute atomic E-state index is 12.8. The number of aromatic nitrogens is 3. The summed E-state index contributed by atoms with van der Waals surface area (Å²) >= 11 is 1.39. The predicted molar refractivity (Wildman–Crippen MR) is 124 cm³/mol. The van der Waals surface area contributed by atoms with Crippen LogP contribution in [0.15, 0.2) is 29.4 Å². The Kier molecular flexibility index (Phi) is 7.31. The fourth-order valence-corrected chi connectivity index (χ4v) is 4.87. The summed E-state index contributed by atoms with van der Waals surface area (Å²) in [7, 11) is 0. The maximum atomic E-state index is 12.8. The summed E-state index contributed by atoms with van der Waals surface area (Å²) in [4.78, 5) is 26.3. The lowest BCUT2D eigenvalue weighted by Crippen LogP contribution is -2.33. The second kappa shape index (κ2) is 10.4. The number of hydrogen-bond donors (Lipinski definition) is 2. The molecule has 32 heavy (non-hydrogen) atoms. The molecule has 4 rings (SSSR count). The molecule has 10 heteroatoms. The molecule has 2 aliphatic rings. The molecule has 0 aliphatic carbocycles. The Morgan fingerprint density at radius 2 is 1.94 bits per heavy atom. The molecule has 3 N–H and O–H groups in total. The molecule has 2 atom stereocenters. The summed E-state index contributed by atoms with van der Waals surface area (Å²) in [6.45, 7) is 5.30. The van der Waals surface area contributed by atoms with Crippen LogP contribution in [0.4, 0.5) is 11.6 Å². The Morgan fingerprint density at radius 1 is 1.19 bits per heavy atom. The molecule has 1 aromatic carbocycles. The number of benzene rings is 1. The lowest BCUT2D eigenvalue weighted by atomic mass is 10.1. The number of nitrogens with zero attached hydrogens (tertiary/aromatic N) is 4. The van der Waals surface area contributed by atoms with Gasteiger partial charge in [-0.2, -0.15) is 0 Å². The van der Waals surface area contributed by atoms with Crippen molar-refractivity contribution in [3.8, 4) is 0 Å². The number of anilines is 2. The summed E-state index contributed by atoms with van der Waals surface area (Å²) in [5, 5.41) is 12.2. The zero-order valence-electron chi connectivity index (χ0n) is 18.3. The Hall–Kier alpha value is -2.59. The molecular formula is C22H30N6O3S. The van der Waals surface area contributed by atoms with Gasteiger partial charge in [-0.25, -0.2) is 0 Å². The van der Waals surface area contributed by atoms with Gasteiger partial charge in [-0.3, -0.25) is 14.2 Å². The monoisotopic (exact) mass is 458 g/mol. The average Bonchev–Trinajstić information content (AvgIpc) is 3.45. The highest BCUT2D eigenvalue weighted by atomic mass is 32.2. The number of nitrogens with one attached hydrogen (secondary N) is 1. The van der Waals surface area contributed by atoms with Gasteiger partial charge in [0.2, 0.25) is 17.8 Å². The van der Waals surface area contributed by atoms with Gasteiger partial charge in [0.1, 0.15) is 0 Å². The second-order valence-corrected chi connectivity index (χ2v) is 9.57. The molecule has 0 radical (unpaired) electrons. The van der Waals surface area contributed by atoms with Crippen molar-refractivity contribution in [2.45, 2.75) is 62.1 Å². The zero-order valence-corrected chi connectivity index (χ0v) is 19.1. The van der Waals surface area contributed by atoms with E-state index >= 15 is 0 Å². The predicted octanol–water partition coefficient (Wildman–Crippen LogP) is 2.67. The van der Waals surface area contributed by atoms with E-state index in [9.17, 15) is 9.59 Å². The first kappa shape index (κ1) is 22.6. The smallest absolute Gasteiger partial charge is 0.248 e. The van der Waals surface area contributed by atoms with Crippen LogP contribution in [-0.4, -0.2) is 57.6 Å². The molecule has 9 nitrogen and oxygen atoms in total. The quantitative estimate of drug-likeness (QED) is 0.584. The van der Waals surface area contributed by atoms with Gasteiger partial charge in [-0.15, -0.1) is 10.2 Å². The molecule has 0 saturated carbocycles. The first-order valence-corrected chi connectivity index (χ1v) is 12.1. The Bertz CT molecular complexity index is 936. The van der Waals surface area contributed by atoms with Crippen molar-refractivity contribution in [1.82, 2.24) is 14.8 Å². The highest BCUT2D eigenvalue weighted by molar-refractivity contribution is 8.00. The van der Waals surface area contributed by atoms with Crippen LogP contribution in [0.2, 0.25) is 0 Å². The average molecular weight is 459 g/mol. The van der Waals surface area contributed by atoms with Crippen LogP contribution in [0.1, 0.15) is 49.4 Å². The molecule has 2 amide bonds. The number of ether oxygens (including phenoxy) is 1. The van der Waals surface area contributed by atoms with E-state index in [2.05, 4.69) is 25.0 Å². The highest BCUT2D eigenvalue weighted by Gasteiger charge is 2.26. The van der Waals surface area contributed by atoms with Crippen LogP contribution in [0.5, 0.6) is 0 Å². The van der Waals surface area contributed by atoms with Gasteiger partial charge in [-0.1, -0.05) is 11.8 Å². The van der Waals surface area contributed by atoms with Crippen molar-refractivity contribution in [3.05, 3.63) is 29.8 Å². The minimum Gasteiger partial charge on any atom is -0.376 e. The molecule has 172 valence electrons. The van der Waals surface area contributed by atoms with Crippen molar-refractivity contribution in [2.24, 2.45) is 5.73 Å². The maximum Gasteiger partial charge on any atom is 0.248 e. The van der Waals surface area contributed by atoms with E-state index in [4.69, 9.17) is 10.5 Å². The normalized spacial score (nSPS) is 19.7. The zero-order chi connectivity index (χ0) is 22.5. The minimum absolute atomic E-state index is 0.145. The number of primary amides is 1. The summed E-state index contributed by atoms with van der Waals surface area (Å²) in [5.74, 6) is 0.229. The van der Waals surface area contributed by atoms with Crippen molar-refractivity contribution in [2.75, 3.05) is 29.9 Å². The van der Waals surface area contributed by atoms with Gasteiger partial charge in [0.05, 0.1) is 17.9 Å². The Morgan fingerprint density at radius 3 is 2.59 bits per heavy atom. The highest BCUT2D eigenvalue weighted by Crippen LogP contribution is 2.29. The van der Waals surface area contributed by atoms with Crippen LogP contribution >= 0.6 is 11.8 Å². The van der Waals surface area contributed by atoms with E-state index in [1.165, 1.54) is 18.2 Å². The first-order chi connectivity index (χ1) is 15.5. The fraction of sp³-hybridized carbons (Fsp3) is 0.545. The van der Waals surface area contributed by atoms with E-state index in [1.807, 2.05) is 6.92 Å². The molecule has 2 saturated heterocycles. The van der Waals surface area contributed by atoms with Crippen LogP contribution in [0, 0.1) is 0 Å². The fourth-order valence-electron chi connectivity index (χ4n) is 4.02. The molecular weight excluding hydrogens is 428 g/mol. The number of rotatable bonds is 8. The van der Waals surface area contributed by atoms with Crippen LogP contribution in [0.25, 0.3) is 0 Å². The van der Waals surface area contributed by atoms with E-state index < -0.39 is 5.91 Å². The summed E-state index contributed by atoms with van der Waals surface area (Å²) in [6.07, 6.45) is 5.81. The topological polar surface area (TPSA) is 115 Å². The van der Waals surface area contributed by atoms with Crippen molar-refractivity contribution in [1.29, 1.82) is 0 Å². The summed E-state index contributed by atoms with van der Waals surface area (Å²) in [6, 6.07) is 6.53. The molecule has 0 spiro atoms. The molecule has 2 fully saturated rings. The van der Waals surface area contributed by atoms with Crippen molar-refractivity contribution < 1.29 is 14.3 Å². The van der Waals surface area contributed by atoms with Gasteiger partial charge in [0.25, 0.3) is 0 Å². The van der Waals surface area contributed by atoms with Crippen LogP contribution in [0.3, 0.4) is 0 Å². The van der Waals surface area contributed by atoms with E-state index in [0.717, 1.165) is 56.5 Å². The van der Waals surface area contributed by atoms with Crippen molar-refractivity contribution >= 4 is 35.2 Å². The minimum atomic E-state index is -0.498. The van der Waals surface area contributed by atoms with E-state index in [0.29, 0.717) is 17.8 Å².